The monoisotopic (exact) mass is 294 g/mol. The van der Waals surface area contributed by atoms with Gasteiger partial charge in [0.2, 0.25) is 0 Å². The van der Waals surface area contributed by atoms with Crippen LogP contribution in [0.1, 0.15) is 38.1 Å². The van der Waals surface area contributed by atoms with Crippen molar-refractivity contribution in [3.8, 4) is 0 Å². The number of Topliss-reactive ketones (excluding diaryl/α,β-unsaturated/α-hetero) is 1. The third-order valence-electron chi connectivity index (χ3n) is 2.44. The van der Waals surface area contributed by atoms with Crippen LogP contribution in [0.3, 0.4) is 0 Å². The molecule has 1 N–H and O–H groups in total. The number of nitro benzene ring substituents is 1. The molecule has 1 rings (SSSR count). The Hall–Kier alpha value is -2.44. The molecule has 0 aromatic heterocycles. The van der Waals surface area contributed by atoms with Crippen molar-refractivity contribution in [2.75, 3.05) is 11.9 Å². The Morgan fingerprint density at radius 3 is 2.43 bits per heavy atom. The number of esters is 1. The molecule has 21 heavy (non-hydrogen) atoms. The number of nitro groups is 1. The van der Waals surface area contributed by atoms with Crippen LogP contribution in [0.15, 0.2) is 18.2 Å². The molecule has 0 aliphatic heterocycles. The topological polar surface area (TPSA) is 98.5 Å². The first-order chi connectivity index (χ1) is 9.60. The molecule has 0 amide bonds. The number of nitrogens with one attached hydrogen (secondary N) is 1. The maximum Gasteiger partial charge on any atom is 0.325 e. The fraction of sp³-hybridized carbons (Fsp3) is 0.429. The van der Waals surface area contributed by atoms with Gasteiger partial charge in [0.25, 0.3) is 5.69 Å². The van der Waals surface area contributed by atoms with Crippen molar-refractivity contribution in [1.82, 2.24) is 0 Å². The second-order valence-corrected chi connectivity index (χ2v) is 5.49. The van der Waals surface area contributed by atoms with Crippen LogP contribution in [0.4, 0.5) is 11.4 Å². The molecule has 0 unspecified atom stereocenters. The fourth-order valence-electron chi connectivity index (χ4n) is 1.60. The number of carbonyl (C=O) groups is 2. The molecule has 0 heterocycles. The normalized spacial score (nSPS) is 10.9. The highest BCUT2D eigenvalue weighted by Crippen LogP contribution is 2.25. The molecule has 7 nitrogen and oxygen atoms in total. The molecule has 0 radical (unpaired) electrons. The molecule has 0 aliphatic carbocycles. The Balaban J connectivity index is 2.86. The lowest BCUT2D eigenvalue weighted by atomic mass is 10.1. The van der Waals surface area contributed by atoms with E-state index < -0.39 is 16.5 Å². The second-order valence-electron chi connectivity index (χ2n) is 5.49. The van der Waals surface area contributed by atoms with E-state index in [9.17, 15) is 19.7 Å². The number of anilines is 1. The zero-order chi connectivity index (χ0) is 16.2. The lowest BCUT2D eigenvalue weighted by molar-refractivity contribution is -0.384. The number of ether oxygens (including phenoxy) is 1. The zero-order valence-corrected chi connectivity index (χ0v) is 12.4. The van der Waals surface area contributed by atoms with Gasteiger partial charge in [0.05, 0.1) is 4.92 Å². The Kier molecular flexibility index (Phi) is 5.02. The summed E-state index contributed by atoms with van der Waals surface area (Å²) in [7, 11) is 0. The van der Waals surface area contributed by atoms with Gasteiger partial charge in [0.15, 0.2) is 5.78 Å². The van der Waals surface area contributed by atoms with Crippen molar-refractivity contribution < 1.29 is 19.2 Å². The van der Waals surface area contributed by atoms with E-state index in [0.29, 0.717) is 0 Å². The number of carbonyl (C=O) groups excluding carboxylic acids is 2. The summed E-state index contributed by atoms with van der Waals surface area (Å²) in [6, 6.07) is 4.05. The molecule has 1 aromatic carbocycles. The number of nitrogens with zero attached hydrogens (tertiary/aromatic N) is 1. The summed E-state index contributed by atoms with van der Waals surface area (Å²) in [5.41, 5.74) is -0.477. The first-order valence-corrected chi connectivity index (χ1v) is 6.35. The summed E-state index contributed by atoms with van der Waals surface area (Å²) in [4.78, 5) is 33.2. The van der Waals surface area contributed by atoms with Crippen LogP contribution in [-0.2, 0) is 9.53 Å². The first kappa shape index (κ1) is 16.6. The van der Waals surface area contributed by atoms with E-state index in [1.165, 1.54) is 25.1 Å². The number of rotatable bonds is 5. The predicted molar refractivity (Wildman–Crippen MR) is 77.4 cm³/mol. The summed E-state index contributed by atoms with van der Waals surface area (Å²) < 4.78 is 5.10. The summed E-state index contributed by atoms with van der Waals surface area (Å²) >= 11 is 0. The molecule has 114 valence electrons. The molecule has 0 fully saturated rings. The molecular formula is C14H18N2O5. The average Bonchev–Trinajstić information content (AvgIpc) is 2.33. The van der Waals surface area contributed by atoms with Crippen molar-refractivity contribution in [2.24, 2.45) is 0 Å². The summed E-state index contributed by atoms with van der Waals surface area (Å²) in [6.07, 6.45) is 0. The minimum absolute atomic E-state index is 0.163. The number of ketones is 1. The molecule has 0 aliphatic rings. The van der Waals surface area contributed by atoms with Crippen LogP contribution in [0.25, 0.3) is 0 Å². The lowest BCUT2D eigenvalue weighted by Gasteiger charge is -2.19. The first-order valence-electron chi connectivity index (χ1n) is 6.35. The van der Waals surface area contributed by atoms with E-state index in [1.54, 1.807) is 20.8 Å². The number of hydrogen-bond acceptors (Lipinski definition) is 6. The Labute approximate surface area is 122 Å². The summed E-state index contributed by atoms with van der Waals surface area (Å²) in [6.45, 7) is 6.32. The van der Waals surface area contributed by atoms with Gasteiger partial charge >= 0.3 is 5.97 Å². The fourth-order valence-corrected chi connectivity index (χ4v) is 1.60. The lowest BCUT2D eigenvalue weighted by Crippen LogP contribution is -2.28. The summed E-state index contributed by atoms with van der Waals surface area (Å²) in [5.74, 6) is -0.788. The molecule has 0 spiro atoms. The third kappa shape index (κ3) is 5.21. The summed E-state index contributed by atoms with van der Waals surface area (Å²) in [5, 5.41) is 13.7. The smallest absolute Gasteiger partial charge is 0.325 e. The van der Waals surface area contributed by atoms with Crippen LogP contribution >= 0.6 is 0 Å². The van der Waals surface area contributed by atoms with Crippen LogP contribution in [-0.4, -0.2) is 28.8 Å². The highest BCUT2D eigenvalue weighted by atomic mass is 16.6. The van der Waals surface area contributed by atoms with Crippen LogP contribution in [0, 0.1) is 10.1 Å². The zero-order valence-electron chi connectivity index (χ0n) is 12.4. The maximum absolute atomic E-state index is 11.6. The minimum atomic E-state index is -0.622. The molecule has 0 bridgehead atoms. The van der Waals surface area contributed by atoms with E-state index in [0.717, 1.165) is 0 Å². The Bertz CT molecular complexity index is 575. The van der Waals surface area contributed by atoms with Gasteiger partial charge in [-0.1, -0.05) is 0 Å². The Morgan fingerprint density at radius 1 is 1.33 bits per heavy atom. The molecular weight excluding hydrogens is 276 g/mol. The largest absolute Gasteiger partial charge is 0.459 e. The minimum Gasteiger partial charge on any atom is -0.459 e. The van der Waals surface area contributed by atoms with E-state index in [-0.39, 0.29) is 29.3 Å². The van der Waals surface area contributed by atoms with Crippen molar-refractivity contribution in [1.29, 1.82) is 0 Å². The molecule has 1 aromatic rings. The average molecular weight is 294 g/mol. The van der Waals surface area contributed by atoms with E-state index in [1.807, 2.05) is 0 Å². The standard InChI is InChI=1S/C14H18N2O5/c1-9(17)10-5-6-11(12(7-10)16(19)20)15-8-13(18)21-14(2,3)4/h5-7,15H,8H2,1-4H3. The van der Waals surface area contributed by atoms with E-state index in [2.05, 4.69) is 5.32 Å². The molecule has 0 atom stereocenters. The van der Waals surface area contributed by atoms with Crippen LogP contribution in [0.2, 0.25) is 0 Å². The Morgan fingerprint density at radius 2 is 1.95 bits per heavy atom. The van der Waals surface area contributed by atoms with Gasteiger partial charge in [0, 0.05) is 11.6 Å². The maximum atomic E-state index is 11.6. The van der Waals surface area contributed by atoms with Gasteiger partial charge in [-0.2, -0.15) is 0 Å². The van der Waals surface area contributed by atoms with Crippen LogP contribution in [0.5, 0.6) is 0 Å². The SMILES string of the molecule is CC(=O)c1ccc(NCC(=O)OC(C)(C)C)c([N+](=O)[O-])c1. The van der Waals surface area contributed by atoms with Crippen molar-refractivity contribution in [3.05, 3.63) is 33.9 Å². The van der Waals surface area contributed by atoms with Gasteiger partial charge in [-0.25, -0.2) is 0 Å². The third-order valence-corrected chi connectivity index (χ3v) is 2.44. The molecule has 0 saturated carbocycles. The van der Waals surface area contributed by atoms with Crippen molar-refractivity contribution in [3.63, 3.8) is 0 Å². The highest BCUT2D eigenvalue weighted by Gasteiger charge is 2.19. The highest BCUT2D eigenvalue weighted by molar-refractivity contribution is 5.95. The predicted octanol–water partition coefficient (Wildman–Crippen LogP) is 2.55. The quantitative estimate of drug-likeness (QED) is 0.388. The number of benzene rings is 1. The second kappa shape index (κ2) is 6.34. The van der Waals surface area contributed by atoms with Gasteiger partial charge in [0.1, 0.15) is 17.8 Å². The van der Waals surface area contributed by atoms with Gasteiger partial charge in [-0.15, -0.1) is 0 Å². The van der Waals surface area contributed by atoms with E-state index in [4.69, 9.17) is 4.74 Å². The van der Waals surface area contributed by atoms with Gasteiger partial charge < -0.3 is 10.1 Å². The molecule has 0 saturated heterocycles. The van der Waals surface area contributed by atoms with Crippen molar-refractivity contribution >= 4 is 23.1 Å². The molecule has 7 heteroatoms. The van der Waals surface area contributed by atoms with Crippen LogP contribution < -0.4 is 5.32 Å². The van der Waals surface area contributed by atoms with Gasteiger partial charge in [-0.05, 0) is 39.8 Å². The van der Waals surface area contributed by atoms with Gasteiger partial charge in [-0.3, -0.25) is 19.7 Å². The van der Waals surface area contributed by atoms with Crippen molar-refractivity contribution in [2.45, 2.75) is 33.3 Å². The van der Waals surface area contributed by atoms with E-state index >= 15 is 0 Å². The number of hydrogen-bond donors (Lipinski definition) is 1.